The summed E-state index contributed by atoms with van der Waals surface area (Å²) in [5, 5.41) is 0. The molecule has 2 N–H and O–H groups in total. The van der Waals surface area contributed by atoms with Crippen LogP contribution in [0.1, 0.15) is 26.3 Å². The zero-order chi connectivity index (χ0) is 13.2. The van der Waals surface area contributed by atoms with Gasteiger partial charge in [0, 0.05) is 25.3 Å². The molecule has 18 heavy (non-hydrogen) atoms. The van der Waals surface area contributed by atoms with Gasteiger partial charge in [-0.3, -0.25) is 0 Å². The number of aromatic nitrogens is 1. The van der Waals surface area contributed by atoms with Crippen molar-refractivity contribution in [1.82, 2.24) is 4.98 Å². The van der Waals surface area contributed by atoms with Gasteiger partial charge in [0.1, 0.15) is 5.82 Å². The summed E-state index contributed by atoms with van der Waals surface area (Å²) >= 11 is 0. The highest BCUT2D eigenvalue weighted by molar-refractivity contribution is 5.47. The first-order chi connectivity index (χ1) is 8.48. The monoisotopic (exact) mass is 249 g/mol. The van der Waals surface area contributed by atoms with Crippen LogP contribution in [0.4, 0.5) is 5.82 Å². The van der Waals surface area contributed by atoms with E-state index in [-0.39, 0.29) is 11.6 Å². The summed E-state index contributed by atoms with van der Waals surface area (Å²) in [6.07, 6.45) is 2.71. The molecule has 1 atom stereocenters. The fourth-order valence-corrected chi connectivity index (χ4v) is 2.42. The second-order valence-corrected chi connectivity index (χ2v) is 5.70. The molecule has 2 rings (SSSR count). The van der Waals surface area contributed by atoms with Gasteiger partial charge in [-0.25, -0.2) is 4.98 Å². The largest absolute Gasteiger partial charge is 0.372 e. The average Bonchev–Trinajstić information content (AvgIpc) is 2.27. The van der Waals surface area contributed by atoms with Crippen molar-refractivity contribution in [2.75, 3.05) is 24.6 Å². The van der Waals surface area contributed by atoms with Gasteiger partial charge >= 0.3 is 0 Å². The minimum Gasteiger partial charge on any atom is -0.372 e. The molecule has 0 spiro atoms. The molecule has 2 heterocycles. The molecule has 1 aromatic rings. The summed E-state index contributed by atoms with van der Waals surface area (Å²) in [4.78, 5) is 6.84. The summed E-state index contributed by atoms with van der Waals surface area (Å²) in [5.74, 6) is 1.06. The summed E-state index contributed by atoms with van der Waals surface area (Å²) in [6, 6.07) is 4.25. The van der Waals surface area contributed by atoms with E-state index in [1.54, 1.807) is 0 Å². The number of hydrogen-bond acceptors (Lipinski definition) is 4. The van der Waals surface area contributed by atoms with E-state index in [9.17, 15) is 0 Å². The van der Waals surface area contributed by atoms with E-state index >= 15 is 0 Å². The van der Waals surface area contributed by atoms with Crippen LogP contribution in [0.25, 0.3) is 0 Å². The lowest BCUT2D eigenvalue weighted by Gasteiger charge is -2.39. The highest BCUT2D eigenvalue weighted by atomic mass is 16.5. The van der Waals surface area contributed by atoms with E-state index in [4.69, 9.17) is 10.5 Å². The zero-order valence-corrected chi connectivity index (χ0v) is 11.5. The van der Waals surface area contributed by atoms with Crippen molar-refractivity contribution >= 4 is 5.82 Å². The number of nitrogens with two attached hydrogens (primary N) is 1. The van der Waals surface area contributed by atoms with E-state index < -0.39 is 0 Å². The quantitative estimate of drug-likeness (QED) is 0.884. The van der Waals surface area contributed by atoms with Crippen molar-refractivity contribution in [3.05, 3.63) is 23.9 Å². The third kappa shape index (κ3) is 3.21. The van der Waals surface area contributed by atoms with Gasteiger partial charge in [-0.2, -0.15) is 0 Å². The minimum atomic E-state index is -0.110. The molecule has 1 unspecified atom stereocenters. The number of nitrogens with zero attached hydrogens (tertiary/aromatic N) is 2. The van der Waals surface area contributed by atoms with Gasteiger partial charge in [0.25, 0.3) is 0 Å². The van der Waals surface area contributed by atoms with Gasteiger partial charge in [0.2, 0.25) is 0 Å². The lowest BCUT2D eigenvalue weighted by molar-refractivity contribution is -0.0279. The molecule has 0 amide bonds. The molecule has 0 bridgehead atoms. The lowest BCUT2D eigenvalue weighted by Crippen LogP contribution is -2.49. The van der Waals surface area contributed by atoms with Gasteiger partial charge < -0.3 is 15.4 Å². The van der Waals surface area contributed by atoms with Gasteiger partial charge in [-0.05, 0) is 38.8 Å². The van der Waals surface area contributed by atoms with Crippen molar-refractivity contribution in [3.63, 3.8) is 0 Å². The second-order valence-electron chi connectivity index (χ2n) is 5.70. The SMILES string of the molecule is CC(N)Cc1cccnc1N1CCOC(C)(C)C1. The number of hydrogen-bond donors (Lipinski definition) is 1. The molecule has 4 nitrogen and oxygen atoms in total. The van der Waals surface area contributed by atoms with Crippen LogP contribution in [0.5, 0.6) is 0 Å². The van der Waals surface area contributed by atoms with Crippen LogP contribution in [0, 0.1) is 0 Å². The van der Waals surface area contributed by atoms with E-state index in [0.717, 1.165) is 31.9 Å². The Morgan fingerprint density at radius 1 is 1.56 bits per heavy atom. The van der Waals surface area contributed by atoms with Crippen molar-refractivity contribution in [1.29, 1.82) is 0 Å². The van der Waals surface area contributed by atoms with Crippen molar-refractivity contribution in [2.45, 2.75) is 38.8 Å². The van der Waals surface area contributed by atoms with Crippen LogP contribution < -0.4 is 10.6 Å². The van der Waals surface area contributed by atoms with Gasteiger partial charge in [0.05, 0.1) is 12.2 Å². The molecule has 100 valence electrons. The number of morpholine rings is 1. The third-order valence-electron chi connectivity index (χ3n) is 3.13. The molecule has 1 aliphatic heterocycles. The molecule has 0 radical (unpaired) electrons. The fourth-order valence-electron chi connectivity index (χ4n) is 2.42. The molecule has 4 heteroatoms. The Kier molecular flexibility index (Phi) is 3.88. The van der Waals surface area contributed by atoms with Crippen LogP contribution in [0.15, 0.2) is 18.3 Å². The average molecular weight is 249 g/mol. The lowest BCUT2D eigenvalue weighted by atomic mass is 10.0. The van der Waals surface area contributed by atoms with Crippen LogP contribution in [-0.2, 0) is 11.2 Å². The molecule has 1 fully saturated rings. The topological polar surface area (TPSA) is 51.4 Å². The normalized spacial score (nSPS) is 20.8. The summed E-state index contributed by atoms with van der Waals surface area (Å²) in [5.41, 5.74) is 7.02. The van der Waals surface area contributed by atoms with Gasteiger partial charge in [-0.1, -0.05) is 6.07 Å². The number of ether oxygens (including phenoxy) is 1. The summed E-state index contributed by atoms with van der Waals surface area (Å²) in [6.45, 7) is 8.78. The third-order valence-corrected chi connectivity index (χ3v) is 3.13. The van der Waals surface area contributed by atoms with E-state index in [1.165, 1.54) is 5.56 Å². The highest BCUT2D eigenvalue weighted by Gasteiger charge is 2.28. The molecule has 1 aliphatic rings. The first-order valence-electron chi connectivity index (χ1n) is 6.56. The Morgan fingerprint density at radius 3 is 3.00 bits per heavy atom. The van der Waals surface area contributed by atoms with Crippen LogP contribution in [0.3, 0.4) is 0 Å². The second kappa shape index (κ2) is 5.24. The first kappa shape index (κ1) is 13.3. The minimum absolute atomic E-state index is 0.110. The fraction of sp³-hybridized carbons (Fsp3) is 0.643. The Morgan fingerprint density at radius 2 is 2.33 bits per heavy atom. The molecule has 1 saturated heterocycles. The molecule has 0 aromatic carbocycles. The maximum Gasteiger partial charge on any atom is 0.131 e. The smallest absolute Gasteiger partial charge is 0.131 e. The Bertz CT molecular complexity index is 404. The van der Waals surface area contributed by atoms with Crippen molar-refractivity contribution < 1.29 is 4.74 Å². The maximum atomic E-state index is 5.91. The molecule has 0 saturated carbocycles. The summed E-state index contributed by atoms with van der Waals surface area (Å²) in [7, 11) is 0. The number of anilines is 1. The molecule has 0 aliphatic carbocycles. The van der Waals surface area contributed by atoms with Gasteiger partial charge in [-0.15, -0.1) is 0 Å². The number of rotatable bonds is 3. The Labute approximate surface area is 109 Å². The molecule has 1 aromatic heterocycles. The molecular weight excluding hydrogens is 226 g/mol. The predicted molar refractivity (Wildman–Crippen MR) is 73.8 cm³/mol. The van der Waals surface area contributed by atoms with Crippen molar-refractivity contribution in [3.8, 4) is 0 Å². The Hall–Kier alpha value is -1.13. The van der Waals surface area contributed by atoms with E-state index in [2.05, 4.69) is 29.8 Å². The highest BCUT2D eigenvalue weighted by Crippen LogP contribution is 2.24. The van der Waals surface area contributed by atoms with Crippen LogP contribution >= 0.6 is 0 Å². The van der Waals surface area contributed by atoms with E-state index in [0.29, 0.717) is 0 Å². The van der Waals surface area contributed by atoms with E-state index in [1.807, 2.05) is 19.2 Å². The standard InChI is InChI=1S/C14H23N3O/c1-11(15)9-12-5-4-6-16-13(12)17-7-8-18-14(2,3)10-17/h4-6,11H,7-10,15H2,1-3H3. The zero-order valence-electron chi connectivity index (χ0n) is 11.5. The summed E-state index contributed by atoms with van der Waals surface area (Å²) < 4.78 is 5.74. The van der Waals surface area contributed by atoms with Crippen LogP contribution in [0.2, 0.25) is 0 Å². The molecular formula is C14H23N3O. The maximum absolute atomic E-state index is 5.91. The van der Waals surface area contributed by atoms with Crippen molar-refractivity contribution in [2.24, 2.45) is 5.73 Å². The Balaban J connectivity index is 2.21. The van der Waals surface area contributed by atoms with Crippen LogP contribution in [-0.4, -0.2) is 36.3 Å². The number of pyridine rings is 1. The predicted octanol–water partition coefficient (Wildman–Crippen LogP) is 1.59. The van der Waals surface area contributed by atoms with Gasteiger partial charge in [0.15, 0.2) is 0 Å². The first-order valence-corrected chi connectivity index (χ1v) is 6.56.